The van der Waals surface area contributed by atoms with Gasteiger partial charge in [-0.2, -0.15) is 0 Å². The number of ether oxygens (including phenoxy) is 1. The van der Waals surface area contributed by atoms with Gasteiger partial charge in [-0.25, -0.2) is 0 Å². The summed E-state index contributed by atoms with van der Waals surface area (Å²) in [5, 5.41) is 0. The lowest BCUT2D eigenvalue weighted by atomic mass is 9.72. The first-order valence-corrected chi connectivity index (χ1v) is 9.24. The molecule has 0 fully saturated rings. The highest BCUT2D eigenvalue weighted by molar-refractivity contribution is 9.10. The molecular weight excluding hydrogens is 420 g/mol. The predicted molar refractivity (Wildman–Crippen MR) is 99.8 cm³/mol. The van der Waals surface area contributed by atoms with E-state index in [-0.39, 0.29) is 5.41 Å². The summed E-state index contributed by atoms with van der Waals surface area (Å²) in [7, 11) is 1.73. The number of methoxy groups -OCH3 is 1. The molecule has 1 aliphatic carbocycles. The maximum atomic E-state index is 11.1. The summed E-state index contributed by atoms with van der Waals surface area (Å²) in [5.74, 6) is 0. The fourth-order valence-electron chi connectivity index (χ4n) is 3.68. The summed E-state index contributed by atoms with van der Waals surface area (Å²) >= 11 is 7.20. The van der Waals surface area contributed by atoms with Gasteiger partial charge in [-0.1, -0.05) is 44.0 Å². The number of carbonyl (C=O) groups is 1. The largest absolute Gasteiger partial charge is 0.385 e. The first-order chi connectivity index (χ1) is 11.1. The lowest BCUT2D eigenvalue weighted by Gasteiger charge is -2.32. The van der Waals surface area contributed by atoms with Crippen LogP contribution in [-0.2, 0) is 14.9 Å². The summed E-state index contributed by atoms with van der Waals surface area (Å²) in [6.07, 6.45) is 3.22. The highest BCUT2D eigenvalue weighted by atomic mass is 79.9. The normalized spacial score (nSPS) is 14.4. The average molecular weight is 438 g/mol. The number of benzene rings is 2. The van der Waals surface area contributed by atoms with Crippen molar-refractivity contribution in [3.63, 3.8) is 0 Å². The van der Waals surface area contributed by atoms with E-state index >= 15 is 0 Å². The summed E-state index contributed by atoms with van der Waals surface area (Å²) in [6.45, 7) is 0.663. The third-order valence-electron chi connectivity index (χ3n) is 4.71. The van der Waals surface area contributed by atoms with Crippen LogP contribution in [0.25, 0.3) is 11.1 Å². The van der Waals surface area contributed by atoms with Crippen LogP contribution in [0.2, 0.25) is 0 Å². The molecule has 0 aliphatic heterocycles. The Balaban J connectivity index is 2.25. The highest BCUT2D eigenvalue weighted by Crippen LogP contribution is 2.54. The van der Waals surface area contributed by atoms with Crippen molar-refractivity contribution in [2.24, 2.45) is 0 Å². The van der Waals surface area contributed by atoms with Crippen LogP contribution in [0.3, 0.4) is 0 Å². The molecule has 2 aromatic rings. The average Bonchev–Trinajstić information content (AvgIpc) is 2.80. The van der Waals surface area contributed by atoms with Crippen molar-refractivity contribution in [1.29, 1.82) is 0 Å². The summed E-state index contributed by atoms with van der Waals surface area (Å²) in [5.41, 5.74) is 4.93. The molecule has 0 bridgehead atoms. The molecule has 0 amide bonds. The quantitative estimate of drug-likeness (QED) is 0.558. The van der Waals surface area contributed by atoms with Crippen molar-refractivity contribution in [2.75, 3.05) is 13.7 Å². The van der Waals surface area contributed by atoms with E-state index in [1.165, 1.54) is 22.3 Å². The minimum Gasteiger partial charge on any atom is -0.385 e. The Morgan fingerprint density at radius 1 is 1.00 bits per heavy atom. The third kappa shape index (κ3) is 2.92. The van der Waals surface area contributed by atoms with Gasteiger partial charge in [0.05, 0.1) is 0 Å². The van der Waals surface area contributed by atoms with E-state index in [4.69, 9.17) is 4.74 Å². The topological polar surface area (TPSA) is 26.3 Å². The minimum absolute atomic E-state index is 0.171. The molecule has 0 unspecified atom stereocenters. The van der Waals surface area contributed by atoms with Gasteiger partial charge in [0.25, 0.3) is 0 Å². The van der Waals surface area contributed by atoms with Crippen molar-refractivity contribution in [2.45, 2.75) is 24.7 Å². The molecular formula is C19H18Br2O2. The molecule has 3 rings (SSSR count). The number of hydrogen-bond donors (Lipinski definition) is 0. The fraction of sp³-hybridized carbons (Fsp3) is 0.316. The van der Waals surface area contributed by atoms with Gasteiger partial charge in [-0.05, 0) is 59.4 Å². The molecule has 0 radical (unpaired) electrons. The van der Waals surface area contributed by atoms with Crippen LogP contribution in [0, 0.1) is 0 Å². The maximum absolute atomic E-state index is 11.1. The molecule has 2 aromatic carbocycles. The molecule has 0 saturated carbocycles. The van der Waals surface area contributed by atoms with Gasteiger partial charge >= 0.3 is 0 Å². The first-order valence-electron chi connectivity index (χ1n) is 7.65. The molecule has 1 aliphatic rings. The van der Waals surface area contributed by atoms with Crippen molar-refractivity contribution < 1.29 is 9.53 Å². The van der Waals surface area contributed by atoms with Crippen molar-refractivity contribution in [3.8, 4) is 11.1 Å². The lowest BCUT2D eigenvalue weighted by Crippen LogP contribution is -2.27. The molecule has 0 N–H and O–H groups in total. The Hall–Kier alpha value is -0.970. The zero-order valence-electron chi connectivity index (χ0n) is 12.9. The van der Waals surface area contributed by atoms with Crippen LogP contribution in [0.1, 0.15) is 30.4 Å². The van der Waals surface area contributed by atoms with E-state index in [2.05, 4.69) is 68.3 Å². The Morgan fingerprint density at radius 2 is 1.57 bits per heavy atom. The summed E-state index contributed by atoms with van der Waals surface area (Å²) < 4.78 is 7.52. The maximum Gasteiger partial charge on any atom is 0.120 e. The molecule has 0 spiro atoms. The van der Waals surface area contributed by atoms with E-state index < -0.39 is 0 Å². The fourth-order valence-corrected chi connectivity index (χ4v) is 4.41. The predicted octanol–water partition coefficient (Wildman–Crippen LogP) is 5.49. The van der Waals surface area contributed by atoms with Gasteiger partial charge in [-0.15, -0.1) is 0 Å². The Morgan fingerprint density at radius 3 is 2.04 bits per heavy atom. The highest BCUT2D eigenvalue weighted by Gasteiger charge is 2.42. The molecule has 4 heteroatoms. The zero-order chi connectivity index (χ0) is 16.4. The molecule has 120 valence electrons. The van der Waals surface area contributed by atoms with Crippen LogP contribution in [0.5, 0.6) is 0 Å². The third-order valence-corrected chi connectivity index (χ3v) is 5.69. The molecule has 23 heavy (non-hydrogen) atoms. The number of fused-ring (bicyclic) bond motifs is 3. The van der Waals surface area contributed by atoms with Crippen molar-refractivity contribution >= 4 is 38.1 Å². The zero-order valence-corrected chi connectivity index (χ0v) is 16.1. The van der Waals surface area contributed by atoms with E-state index in [0.717, 1.165) is 28.1 Å². The SMILES string of the molecule is COCCC1(CCC=O)c2cc(Br)ccc2-c2ccc(Br)cc21. The number of hydrogen-bond acceptors (Lipinski definition) is 2. The van der Waals surface area contributed by atoms with Crippen LogP contribution in [0.4, 0.5) is 0 Å². The van der Waals surface area contributed by atoms with Gasteiger partial charge in [0.2, 0.25) is 0 Å². The standard InChI is InChI=1S/C19H18Br2O2/c1-23-10-8-19(7-2-9-22)17-11-13(20)3-5-15(17)16-6-4-14(21)12-18(16)19/h3-6,9,11-12H,2,7-8,10H2,1H3. The lowest BCUT2D eigenvalue weighted by molar-refractivity contribution is -0.108. The van der Waals surface area contributed by atoms with Crippen molar-refractivity contribution in [1.82, 2.24) is 0 Å². The van der Waals surface area contributed by atoms with Crippen LogP contribution < -0.4 is 0 Å². The number of carbonyl (C=O) groups excluding carboxylic acids is 1. The number of aldehydes is 1. The monoisotopic (exact) mass is 436 g/mol. The van der Waals surface area contributed by atoms with Gasteiger partial charge in [0.15, 0.2) is 0 Å². The summed E-state index contributed by atoms with van der Waals surface area (Å²) in [6, 6.07) is 12.9. The first kappa shape index (κ1) is 16.9. The van der Waals surface area contributed by atoms with E-state index in [1.54, 1.807) is 7.11 Å². The van der Waals surface area contributed by atoms with Gasteiger partial charge < -0.3 is 9.53 Å². The second-order valence-corrected chi connectivity index (χ2v) is 7.74. The molecule has 2 nitrogen and oxygen atoms in total. The van der Waals surface area contributed by atoms with Crippen LogP contribution in [0.15, 0.2) is 45.3 Å². The van der Waals surface area contributed by atoms with E-state index in [1.807, 2.05) is 0 Å². The van der Waals surface area contributed by atoms with Crippen LogP contribution >= 0.6 is 31.9 Å². The van der Waals surface area contributed by atoms with E-state index in [9.17, 15) is 4.79 Å². The van der Waals surface area contributed by atoms with Crippen LogP contribution in [-0.4, -0.2) is 20.0 Å². The molecule has 0 aromatic heterocycles. The second kappa shape index (κ2) is 6.88. The molecule has 0 heterocycles. The van der Waals surface area contributed by atoms with E-state index in [0.29, 0.717) is 13.0 Å². The number of rotatable bonds is 6. The Labute approximate surface area is 153 Å². The van der Waals surface area contributed by atoms with Crippen molar-refractivity contribution in [3.05, 3.63) is 56.5 Å². The Kier molecular flexibility index (Phi) is 5.04. The Bertz CT molecular complexity index is 689. The minimum atomic E-state index is -0.171. The van der Waals surface area contributed by atoms with Gasteiger partial charge in [0, 0.05) is 34.5 Å². The molecule has 0 saturated heterocycles. The smallest absolute Gasteiger partial charge is 0.120 e. The van der Waals surface area contributed by atoms with Gasteiger partial charge in [-0.3, -0.25) is 0 Å². The summed E-state index contributed by atoms with van der Waals surface area (Å²) in [4.78, 5) is 11.1. The second-order valence-electron chi connectivity index (χ2n) is 5.91. The number of halogens is 2. The molecule has 0 atom stereocenters. The van der Waals surface area contributed by atoms with Gasteiger partial charge in [0.1, 0.15) is 6.29 Å².